The highest BCUT2D eigenvalue weighted by molar-refractivity contribution is 5.76. The predicted molar refractivity (Wildman–Crippen MR) is 96.8 cm³/mol. The maximum Gasteiger partial charge on any atom is 0.222 e. The van der Waals surface area contributed by atoms with E-state index in [0.717, 1.165) is 45.3 Å². The molecule has 2 heterocycles. The van der Waals surface area contributed by atoms with Gasteiger partial charge in [-0.3, -0.25) is 14.5 Å². The van der Waals surface area contributed by atoms with Gasteiger partial charge in [0.05, 0.1) is 0 Å². The molecule has 0 bridgehead atoms. The Morgan fingerprint density at radius 2 is 1.71 bits per heavy atom. The molecule has 24 heavy (non-hydrogen) atoms. The van der Waals surface area contributed by atoms with Crippen molar-refractivity contribution >= 4 is 11.8 Å². The largest absolute Gasteiger partial charge is 0.356 e. The lowest BCUT2D eigenvalue weighted by Crippen LogP contribution is -2.50. The molecule has 0 aromatic carbocycles. The molecule has 138 valence electrons. The third kappa shape index (κ3) is 6.80. The summed E-state index contributed by atoms with van der Waals surface area (Å²) in [5.74, 6) is 0.355. The molecular weight excluding hydrogens is 302 g/mol. The average Bonchev–Trinajstić information content (AvgIpc) is 2.87. The molecule has 2 aliphatic heterocycles. The van der Waals surface area contributed by atoms with Crippen LogP contribution in [0.2, 0.25) is 0 Å². The van der Waals surface area contributed by atoms with Crippen LogP contribution in [0.15, 0.2) is 0 Å². The van der Waals surface area contributed by atoms with Gasteiger partial charge in [-0.2, -0.15) is 0 Å². The van der Waals surface area contributed by atoms with Gasteiger partial charge in [0.15, 0.2) is 0 Å². The third-order valence-corrected chi connectivity index (χ3v) is 5.35. The molecule has 5 nitrogen and oxygen atoms in total. The first-order chi connectivity index (χ1) is 11.7. The third-order valence-electron chi connectivity index (χ3n) is 5.35. The van der Waals surface area contributed by atoms with Gasteiger partial charge >= 0.3 is 0 Å². The van der Waals surface area contributed by atoms with Gasteiger partial charge in [-0.15, -0.1) is 0 Å². The Balaban J connectivity index is 1.65. The van der Waals surface area contributed by atoms with Crippen LogP contribution in [-0.4, -0.2) is 60.4 Å². The van der Waals surface area contributed by atoms with Crippen LogP contribution in [0, 0.1) is 0 Å². The van der Waals surface area contributed by atoms with E-state index in [1.807, 2.05) is 0 Å². The van der Waals surface area contributed by atoms with Gasteiger partial charge in [0.1, 0.15) is 0 Å². The summed E-state index contributed by atoms with van der Waals surface area (Å²) in [7, 11) is 0. The van der Waals surface area contributed by atoms with Crippen molar-refractivity contribution in [2.45, 2.75) is 77.2 Å². The molecule has 2 fully saturated rings. The molecular formula is C19H35N3O2. The minimum atomic E-state index is 0.0268. The van der Waals surface area contributed by atoms with Crippen molar-refractivity contribution in [1.82, 2.24) is 15.1 Å². The molecule has 2 rings (SSSR count). The van der Waals surface area contributed by atoms with E-state index in [1.54, 1.807) is 6.92 Å². The topological polar surface area (TPSA) is 52.7 Å². The molecule has 1 N–H and O–H groups in total. The fraction of sp³-hybridized carbons (Fsp3) is 0.895. The van der Waals surface area contributed by atoms with Crippen LogP contribution in [0.5, 0.6) is 0 Å². The summed E-state index contributed by atoms with van der Waals surface area (Å²) in [4.78, 5) is 28.0. The van der Waals surface area contributed by atoms with Crippen LogP contribution in [0.4, 0.5) is 0 Å². The van der Waals surface area contributed by atoms with Gasteiger partial charge < -0.3 is 10.2 Å². The van der Waals surface area contributed by atoms with Crippen LogP contribution < -0.4 is 5.32 Å². The second-order valence-electron chi connectivity index (χ2n) is 7.38. The van der Waals surface area contributed by atoms with Gasteiger partial charge in [0, 0.05) is 39.0 Å². The smallest absolute Gasteiger partial charge is 0.222 e. The van der Waals surface area contributed by atoms with Crippen LogP contribution in [0.3, 0.4) is 0 Å². The number of amides is 2. The van der Waals surface area contributed by atoms with E-state index >= 15 is 0 Å². The molecule has 0 aromatic heterocycles. The lowest BCUT2D eigenvalue weighted by molar-refractivity contribution is -0.133. The number of hydrogen-bond donors (Lipinski definition) is 1. The van der Waals surface area contributed by atoms with Crippen molar-refractivity contribution in [2.24, 2.45) is 0 Å². The summed E-state index contributed by atoms with van der Waals surface area (Å²) >= 11 is 0. The van der Waals surface area contributed by atoms with Gasteiger partial charge in [-0.1, -0.05) is 19.3 Å². The Morgan fingerprint density at radius 1 is 0.958 bits per heavy atom. The van der Waals surface area contributed by atoms with E-state index in [9.17, 15) is 9.59 Å². The van der Waals surface area contributed by atoms with Crippen molar-refractivity contribution in [2.75, 3.05) is 32.7 Å². The fourth-order valence-corrected chi connectivity index (χ4v) is 3.94. The van der Waals surface area contributed by atoms with E-state index in [-0.39, 0.29) is 5.91 Å². The standard InChI is InChI=1S/C19H35N3O2/c1-17(23)20-12-6-4-5-11-19(24)22-15-9-10-18(16-22)21-13-7-2-3-8-14-21/h18H,2-16H2,1H3,(H,20,23)/t18-/m0/s1. The van der Waals surface area contributed by atoms with E-state index in [0.29, 0.717) is 18.4 Å². The number of piperidine rings is 1. The first-order valence-corrected chi connectivity index (χ1v) is 9.93. The highest BCUT2D eigenvalue weighted by Gasteiger charge is 2.27. The minimum absolute atomic E-state index is 0.0268. The summed E-state index contributed by atoms with van der Waals surface area (Å²) in [5.41, 5.74) is 0. The number of unbranched alkanes of at least 4 members (excludes halogenated alkanes) is 2. The molecule has 0 radical (unpaired) electrons. The number of rotatable bonds is 7. The zero-order chi connectivity index (χ0) is 17.2. The van der Waals surface area contributed by atoms with Gasteiger partial charge in [0.25, 0.3) is 0 Å². The van der Waals surface area contributed by atoms with Crippen molar-refractivity contribution in [3.8, 4) is 0 Å². The second kappa shape index (κ2) is 10.7. The average molecular weight is 338 g/mol. The number of likely N-dealkylation sites (tertiary alicyclic amines) is 2. The van der Waals surface area contributed by atoms with E-state index in [1.165, 1.54) is 45.2 Å². The quantitative estimate of drug-likeness (QED) is 0.727. The molecule has 0 unspecified atom stereocenters. The summed E-state index contributed by atoms with van der Waals surface area (Å²) in [6.07, 6.45) is 11.3. The molecule has 0 spiro atoms. The number of nitrogens with zero attached hydrogens (tertiary/aromatic N) is 2. The fourth-order valence-electron chi connectivity index (χ4n) is 3.94. The van der Waals surface area contributed by atoms with Crippen LogP contribution in [0.25, 0.3) is 0 Å². The molecule has 0 aliphatic carbocycles. The molecule has 0 aromatic rings. The summed E-state index contributed by atoms with van der Waals surface area (Å²) in [6.45, 7) is 6.58. The second-order valence-corrected chi connectivity index (χ2v) is 7.38. The maximum atomic E-state index is 12.5. The molecule has 5 heteroatoms. The highest BCUT2D eigenvalue weighted by atomic mass is 16.2. The molecule has 2 aliphatic rings. The number of nitrogens with one attached hydrogen (secondary N) is 1. The number of carbonyl (C=O) groups is 2. The lowest BCUT2D eigenvalue weighted by atomic mass is 10.0. The lowest BCUT2D eigenvalue weighted by Gasteiger charge is -2.39. The minimum Gasteiger partial charge on any atom is -0.356 e. The SMILES string of the molecule is CC(=O)NCCCCCC(=O)N1CCC[C@H](N2CCCCCC2)C1. The normalized spacial score (nSPS) is 22.9. The van der Waals surface area contributed by atoms with Crippen LogP contribution in [-0.2, 0) is 9.59 Å². The van der Waals surface area contributed by atoms with Gasteiger partial charge in [-0.25, -0.2) is 0 Å². The molecule has 2 amide bonds. The Hall–Kier alpha value is -1.10. The zero-order valence-electron chi connectivity index (χ0n) is 15.4. The maximum absolute atomic E-state index is 12.5. The summed E-state index contributed by atoms with van der Waals surface area (Å²) < 4.78 is 0. The van der Waals surface area contributed by atoms with Crippen LogP contribution >= 0.6 is 0 Å². The summed E-state index contributed by atoms with van der Waals surface area (Å²) in [5, 5.41) is 2.80. The summed E-state index contributed by atoms with van der Waals surface area (Å²) in [6, 6.07) is 0.584. The van der Waals surface area contributed by atoms with E-state index in [2.05, 4.69) is 15.1 Å². The van der Waals surface area contributed by atoms with Crippen molar-refractivity contribution in [1.29, 1.82) is 0 Å². The predicted octanol–water partition coefficient (Wildman–Crippen LogP) is 2.55. The Morgan fingerprint density at radius 3 is 2.42 bits per heavy atom. The van der Waals surface area contributed by atoms with Crippen molar-refractivity contribution in [3.05, 3.63) is 0 Å². The molecule has 0 saturated carbocycles. The molecule has 1 atom stereocenters. The number of carbonyl (C=O) groups excluding carboxylic acids is 2. The number of hydrogen-bond acceptors (Lipinski definition) is 3. The first kappa shape index (κ1) is 19.2. The van der Waals surface area contributed by atoms with E-state index in [4.69, 9.17) is 0 Å². The van der Waals surface area contributed by atoms with Crippen LogP contribution in [0.1, 0.15) is 71.1 Å². The van der Waals surface area contributed by atoms with Crippen molar-refractivity contribution < 1.29 is 9.59 Å². The Labute approximate surface area is 147 Å². The highest BCUT2D eigenvalue weighted by Crippen LogP contribution is 2.20. The monoisotopic (exact) mass is 337 g/mol. The van der Waals surface area contributed by atoms with Crippen molar-refractivity contribution in [3.63, 3.8) is 0 Å². The first-order valence-electron chi connectivity index (χ1n) is 9.93. The Bertz CT molecular complexity index is 392. The van der Waals surface area contributed by atoms with E-state index < -0.39 is 0 Å². The molecule has 2 saturated heterocycles. The van der Waals surface area contributed by atoms with Gasteiger partial charge in [0.2, 0.25) is 11.8 Å². The van der Waals surface area contributed by atoms with Gasteiger partial charge in [-0.05, 0) is 51.6 Å². The Kier molecular flexibility index (Phi) is 8.57. The zero-order valence-corrected chi connectivity index (χ0v) is 15.4.